The fourth-order valence-corrected chi connectivity index (χ4v) is 5.02. The number of hydrogen-bond donors (Lipinski definition) is 1. The summed E-state index contributed by atoms with van der Waals surface area (Å²) < 4.78 is 6.65. The van der Waals surface area contributed by atoms with E-state index in [4.69, 9.17) is 4.74 Å². The lowest BCUT2D eigenvalue weighted by Crippen LogP contribution is -2.50. The largest absolute Gasteiger partial charge is 0.448 e. The molecule has 2 unspecified atom stereocenters. The van der Waals surface area contributed by atoms with Gasteiger partial charge in [0, 0.05) is 5.41 Å². The van der Waals surface area contributed by atoms with Crippen LogP contribution < -0.4 is 5.32 Å². The molecule has 6 heteroatoms. The highest BCUT2D eigenvalue weighted by Crippen LogP contribution is 2.65. The first-order chi connectivity index (χ1) is 11.2. The summed E-state index contributed by atoms with van der Waals surface area (Å²) in [6.45, 7) is 7.80. The highest BCUT2D eigenvalue weighted by atomic mass is 32.1. The van der Waals surface area contributed by atoms with Crippen LogP contribution in [0.2, 0.25) is 0 Å². The number of carbonyl (C=O) groups is 2. The molecule has 0 radical (unpaired) electrons. The molecule has 2 atom stereocenters. The van der Waals surface area contributed by atoms with Crippen LogP contribution in [0.15, 0.2) is 18.2 Å². The quantitative estimate of drug-likeness (QED) is 0.844. The number of carbonyl (C=O) groups excluding carboxylic acids is 2. The molecule has 1 saturated heterocycles. The summed E-state index contributed by atoms with van der Waals surface area (Å²) in [4.78, 5) is 29.9. The smallest absolute Gasteiger partial charge is 0.313 e. The van der Waals surface area contributed by atoms with Crippen molar-refractivity contribution in [1.29, 1.82) is 0 Å². The number of fused-ring (bicyclic) bond motifs is 3. The maximum atomic E-state index is 13.0. The molecule has 1 N–H and O–H groups in total. The number of nitrogens with zero attached hydrogens (tertiary/aromatic N) is 1. The van der Waals surface area contributed by atoms with Gasteiger partial charge in [0.1, 0.15) is 0 Å². The van der Waals surface area contributed by atoms with E-state index in [9.17, 15) is 9.59 Å². The Labute approximate surface area is 144 Å². The molecule has 1 aliphatic heterocycles. The normalized spacial score (nSPS) is 30.6. The van der Waals surface area contributed by atoms with E-state index >= 15 is 0 Å². The van der Waals surface area contributed by atoms with E-state index in [1.54, 1.807) is 0 Å². The van der Waals surface area contributed by atoms with E-state index in [0.717, 1.165) is 15.8 Å². The second-order valence-corrected chi connectivity index (χ2v) is 8.60. The second kappa shape index (κ2) is 4.57. The fourth-order valence-electron chi connectivity index (χ4n) is 4.08. The van der Waals surface area contributed by atoms with Crippen molar-refractivity contribution in [1.82, 2.24) is 4.98 Å². The molecule has 2 aliphatic rings. The van der Waals surface area contributed by atoms with E-state index in [2.05, 4.69) is 10.3 Å². The molecule has 1 aromatic carbocycles. The van der Waals surface area contributed by atoms with Crippen molar-refractivity contribution in [3.63, 3.8) is 0 Å². The zero-order valence-electron chi connectivity index (χ0n) is 14.2. The number of amides is 1. The molecule has 2 bridgehead atoms. The molecule has 2 aromatic rings. The maximum Gasteiger partial charge on any atom is 0.313 e. The van der Waals surface area contributed by atoms with Crippen molar-refractivity contribution in [2.45, 2.75) is 46.1 Å². The van der Waals surface area contributed by atoms with Gasteiger partial charge in [0.15, 0.2) is 10.7 Å². The number of aromatic nitrogens is 1. The third-order valence-electron chi connectivity index (χ3n) is 6.29. The number of benzene rings is 1. The summed E-state index contributed by atoms with van der Waals surface area (Å²) in [5, 5.41) is 3.45. The number of aryl methyl sites for hydroxylation is 1. The number of thiazole rings is 1. The predicted molar refractivity (Wildman–Crippen MR) is 92.9 cm³/mol. The Morgan fingerprint density at radius 1 is 1.29 bits per heavy atom. The number of para-hydroxylation sites is 1. The molecule has 4 rings (SSSR count). The van der Waals surface area contributed by atoms with Crippen LogP contribution in [-0.4, -0.2) is 22.5 Å². The van der Waals surface area contributed by atoms with Gasteiger partial charge in [0.05, 0.1) is 15.6 Å². The molecule has 24 heavy (non-hydrogen) atoms. The average molecular weight is 344 g/mol. The van der Waals surface area contributed by atoms with Gasteiger partial charge in [-0.1, -0.05) is 37.3 Å². The summed E-state index contributed by atoms with van der Waals surface area (Å²) in [5.41, 5.74) is -0.286. The van der Waals surface area contributed by atoms with Crippen molar-refractivity contribution in [2.24, 2.45) is 10.8 Å². The molecule has 1 aliphatic carbocycles. The van der Waals surface area contributed by atoms with Crippen molar-refractivity contribution < 1.29 is 14.3 Å². The first-order valence-corrected chi connectivity index (χ1v) is 8.94. The third kappa shape index (κ3) is 1.67. The topological polar surface area (TPSA) is 68.3 Å². The van der Waals surface area contributed by atoms with Gasteiger partial charge in [-0.15, -0.1) is 0 Å². The monoisotopic (exact) mass is 344 g/mol. The van der Waals surface area contributed by atoms with E-state index in [1.165, 1.54) is 11.3 Å². The highest BCUT2D eigenvalue weighted by Gasteiger charge is 2.75. The van der Waals surface area contributed by atoms with E-state index in [-0.39, 0.29) is 11.9 Å². The van der Waals surface area contributed by atoms with Crippen molar-refractivity contribution in [3.05, 3.63) is 23.8 Å². The van der Waals surface area contributed by atoms with Gasteiger partial charge in [-0.25, -0.2) is 4.98 Å². The molecule has 2 fully saturated rings. The van der Waals surface area contributed by atoms with Gasteiger partial charge in [0.25, 0.3) is 5.91 Å². The molecule has 1 amide bonds. The first kappa shape index (κ1) is 15.6. The molecule has 0 spiro atoms. The Bertz CT molecular complexity index is 888. The zero-order chi connectivity index (χ0) is 17.3. The molecular formula is C18H20N2O3S. The Hall–Kier alpha value is -1.95. The van der Waals surface area contributed by atoms with Gasteiger partial charge in [-0.3, -0.25) is 14.9 Å². The summed E-state index contributed by atoms with van der Waals surface area (Å²) in [6, 6.07) is 5.96. The lowest BCUT2D eigenvalue weighted by Gasteiger charge is -2.35. The lowest BCUT2D eigenvalue weighted by atomic mass is 9.66. The molecule has 2 heterocycles. The Balaban J connectivity index is 1.69. The summed E-state index contributed by atoms with van der Waals surface area (Å²) >= 11 is 1.44. The zero-order valence-corrected chi connectivity index (χ0v) is 15.0. The van der Waals surface area contributed by atoms with Gasteiger partial charge >= 0.3 is 5.97 Å². The number of nitrogens with one attached hydrogen (secondary N) is 1. The number of anilines is 1. The summed E-state index contributed by atoms with van der Waals surface area (Å²) in [6.07, 6.45) is 1.23. The van der Waals surface area contributed by atoms with Crippen molar-refractivity contribution in [3.8, 4) is 0 Å². The standard InChI is InChI=1S/C18H20N2O3S/c1-10-6-5-7-11-12(10)19-15(24-11)20-13(21)18-9-8-17(4,14(22)23-18)16(18,2)3/h5-7H,8-9H2,1-4H3,(H,19,20,21). The maximum absolute atomic E-state index is 13.0. The van der Waals surface area contributed by atoms with Crippen LogP contribution in [0.4, 0.5) is 5.13 Å². The first-order valence-electron chi connectivity index (χ1n) is 8.12. The minimum absolute atomic E-state index is 0.265. The number of rotatable bonds is 2. The van der Waals surface area contributed by atoms with Gasteiger partial charge in [-0.2, -0.15) is 0 Å². The fraction of sp³-hybridized carbons (Fsp3) is 0.500. The van der Waals surface area contributed by atoms with Gasteiger partial charge < -0.3 is 4.74 Å². The second-order valence-electron chi connectivity index (χ2n) is 7.57. The molecule has 126 valence electrons. The van der Waals surface area contributed by atoms with E-state index < -0.39 is 16.4 Å². The van der Waals surface area contributed by atoms with Crippen LogP contribution in [0.3, 0.4) is 0 Å². The van der Waals surface area contributed by atoms with Gasteiger partial charge in [-0.05, 0) is 38.3 Å². The van der Waals surface area contributed by atoms with Crippen LogP contribution in [0.1, 0.15) is 39.2 Å². The van der Waals surface area contributed by atoms with E-state index in [0.29, 0.717) is 18.0 Å². The summed E-state index contributed by atoms with van der Waals surface area (Å²) in [5.74, 6) is -0.534. The minimum atomic E-state index is -1.11. The summed E-state index contributed by atoms with van der Waals surface area (Å²) in [7, 11) is 0. The SMILES string of the molecule is Cc1cccc2sc(NC(=O)C34CCC(C)(C(=O)O3)C4(C)C)nc12. The lowest BCUT2D eigenvalue weighted by molar-refractivity contribution is -0.165. The molecule has 5 nitrogen and oxygen atoms in total. The van der Waals surface area contributed by atoms with Crippen LogP contribution >= 0.6 is 11.3 Å². The van der Waals surface area contributed by atoms with E-state index in [1.807, 2.05) is 45.9 Å². The highest BCUT2D eigenvalue weighted by molar-refractivity contribution is 7.22. The molecule has 1 saturated carbocycles. The van der Waals surface area contributed by atoms with Gasteiger partial charge in [0.2, 0.25) is 0 Å². The Morgan fingerprint density at radius 3 is 2.62 bits per heavy atom. The molecule has 1 aromatic heterocycles. The van der Waals surface area contributed by atoms with Crippen LogP contribution in [-0.2, 0) is 14.3 Å². The number of ether oxygens (including phenoxy) is 1. The minimum Gasteiger partial charge on any atom is -0.448 e. The van der Waals surface area contributed by atoms with Crippen LogP contribution in [0.25, 0.3) is 10.2 Å². The number of esters is 1. The van der Waals surface area contributed by atoms with Crippen LogP contribution in [0, 0.1) is 17.8 Å². The van der Waals surface area contributed by atoms with Crippen molar-refractivity contribution in [2.75, 3.05) is 5.32 Å². The predicted octanol–water partition coefficient (Wildman–Crippen LogP) is 3.67. The Kier molecular flexibility index (Phi) is 2.96. The number of hydrogen-bond acceptors (Lipinski definition) is 5. The average Bonchev–Trinajstić information content (AvgIpc) is 3.05. The van der Waals surface area contributed by atoms with Crippen LogP contribution in [0.5, 0.6) is 0 Å². The van der Waals surface area contributed by atoms with Crippen molar-refractivity contribution >= 4 is 38.6 Å². The molecular weight excluding hydrogens is 324 g/mol. The third-order valence-corrected chi connectivity index (χ3v) is 7.23. The Morgan fingerprint density at radius 2 is 2.04 bits per heavy atom.